The van der Waals surface area contributed by atoms with Crippen molar-refractivity contribution in [3.8, 4) is 11.3 Å². The largest absolute Gasteiger partial charge is 0.481 e. The number of aromatic amines is 1. The highest BCUT2D eigenvalue weighted by Crippen LogP contribution is 2.35. The monoisotopic (exact) mass is 388 g/mol. The molecule has 1 aromatic carbocycles. The Morgan fingerprint density at radius 3 is 2.92 bits per heavy atom. The number of ether oxygens (including phenoxy) is 1. The number of halogens is 1. The Hall–Kier alpha value is -2.18. The van der Waals surface area contributed by atoms with E-state index in [0.717, 1.165) is 37.9 Å². The minimum Gasteiger partial charge on any atom is -0.481 e. The molecule has 0 aliphatic heterocycles. The summed E-state index contributed by atoms with van der Waals surface area (Å²) in [4.78, 5) is 19.2. The molecular weight excluding hydrogens is 372 g/mol. The van der Waals surface area contributed by atoms with Crippen molar-refractivity contribution < 1.29 is 14.6 Å². The number of aromatic nitrogens is 2. The fourth-order valence-electron chi connectivity index (χ4n) is 2.85. The fraction of sp³-hybridized carbons (Fsp3) is 0.222. The number of carboxylic acid groups (broad SMARTS) is 1. The van der Waals surface area contributed by atoms with Gasteiger partial charge in [0.25, 0.3) is 0 Å². The predicted molar refractivity (Wildman–Crippen MR) is 96.0 cm³/mol. The number of hydrogen-bond donors (Lipinski definition) is 2. The second-order valence-electron chi connectivity index (χ2n) is 5.55. The quantitative estimate of drug-likeness (QED) is 0.681. The normalized spacial score (nSPS) is 12.5. The van der Waals surface area contributed by atoms with Crippen molar-refractivity contribution in [3.63, 3.8) is 0 Å². The Bertz CT molecular complexity index is 904. The van der Waals surface area contributed by atoms with Crippen molar-refractivity contribution in [1.82, 2.24) is 9.97 Å². The Morgan fingerprint density at radius 1 is 1.42 bits per heavy atom. The zero-order valence-electron chi connectivity index (χ0n) is 13.3. The summed E-state index contributed by atoms with van der Waals surface area (Å²) in [5.41, 5.74) is 4.05. The van der Waals surface area contributed by atoms with Gasteiger partial charge in [0.05, 0.1) is 23.9 Å². The average molecular weight is 389 g/mol. The molecule has 0 spiro atoms. The molecule has 2 aromatic heterocycles. The van der Waals surface area contributed by atoms with Gasteiger partial charge in [-0.15, -0.1) is 0 Å². The number of carbonyl (C=O) groups is 1. The van der Waals surface area contributed by atoms with Gasteiger partial charge in [-0.1, -0.05) is 15.9 Å². The van der Waals surface area contributed by atoms with Gasteiger partial charge in [0.1, 0.15) is 0 Å². The highest BCUT2D eigenvalue weighted by molar-refractivity contribution is 9.10. The molecule has 1 unspecified atom stereocenters. The number of aliphatic carboxylic acids is 1. The maximum Gasteiger partial charge on any atom is 0.307 e. The van der Waals surface area contributed by atoms with Gasteiger partial charge in [-0.05, 0) is 42.8 Å². The van der Waals surface area contributed by atoms with E-state index in [1.54, 1.807) is 13.3 Å². The minimum absolute atomic E-state index is 0.0680. The summed E-state index contributed by atoms with van der Waals surface area (Å²) in [5.74, 6) is -0.873. The summed E-state index contributed by atoms with van der Waals surface area (Å²) in [6, 6.07) is 9.57. The molecular formula is C18H17BrN2O3. The molecule has 0 radical (unpaired) electrons. The van der Waals surface area contributed by atoms with Crippen LogP contribution in [0.5, 0.6) is 0 Å². The second-order valence-corrected chi connectivity index (χ2v) is 6.47. The van der Waals surface area contributed by atoms with Crippen molar-refractivity contribution in [2.24, 2.45) is 0 Å². The SMILES string of the molecule is COC(C)c1ncccc1-c1[nH]c2ccc(Br)cc2c1CC(=O)O. The van der Waals surface area contributed by atoms with Crippen molar-refractivity contribution >= 4 is 32.8 Å². The zero-order valence-corrected chi connectivity index (χ0v) is 14.9. The highest BCUT2D eigenvalue weighted by atomic mass is 79.9. The molecule has 6 heteroatoms. The standard InChI is InChI=1S/C18H17BrN2O3/c1-10(24-2)17-12(4-3-7-20-17)18-14(9-16(22)23)13-8-11(19)5-6-15(13)21-18/h3-8,10,21H,9H2,1-2H3,(H,22,23). The van der Waals surface area contributed by atoms with E-state index >= 15 is 0 Å². The molecule has 0 saturated carbocycles. The lowest BCUT2D eigenvalue weighted by atomic mass is 10.00. The highest BCUT2D eigenvalue weighted by Gasteiger charge is 2.20. The van der Waals surface area contributed by atoms with Crippen molar-refractivity contribution in [1.29, 1.82) is 0 Å². The minimum atomic E-state index is -0.873. The molecule has 2 heterocycles. The van der Waals surface area contributed by atoms with E-state index in [1.165, 1.54) is 0 Å². The smallest absolute Gasteiger partial charge is 0.307 e. The summed E-state index contributed by atoms with van der Waals surface area (Å²) in [5, 5.41) is 10.2. The Morgan fingerprint density at radius 2 is 2.21 bits per heavy atom. The summed E-state index contributed by atoms with van der Waals surface area (Å²) in [6.07, 6.45) is 1.45. The number of methoxy groups -OCH3 is 1. The third kappa shape index (κ3) is 3.07. The molecule has 0 aliphatic carbocycles. The van der Waals surface area contributed by atoms with Crippen LogP contribution in [0.15, 0.2) is 41.0 Å². The summed E-state index contributed by atoms with van der Waals surface area (Å²) in [6.45, 7) is 1.92. The van der Waals surface area contributed by atoms with Crippen LogP contribution in [0.25, 0.3) is 22.2 Å². The number of fused-ring (bicyclic) bond motifs is 1. The molecule has 2 N–H and O–H groups in total. The first-order valence-electron chi connectivity index (χ1n) is 7.51. The number of nitrogens with zero attached hydrogens (tertiary/aromatic N) is 1. The lowest BCUT2D eigenvalue weighted by molar-refractivity contribution is -0.136. The molecule has 3 rings (SSSR count). The first kappa shape index (κ1) is 16.7. The van der Waals surface area contributed by atoms with Crippen LogP contribution in [0, 0.1) is 0 Å². The molecule has 0 aliphatic rings. The Kier molecular flexibility index (Phi) is 4.69. The molecule has 124 valence electrons. The number of rotatable bonds is 5. The van der Waals surface area contributed by atoms with Gasteiger partial charge in [0, 0.05) is 34.2 Å². The first-order valence-corrected chi connectivity index (χ1v) is 8.30. The molecule has 0 amide bonds. The van der Waals surface area contributed by atoms with Crippen LogP contribution in [0.4, 0.5) is 0 Å². The maximum absolute atomic E-state index is 11.4. The van der Waals surface area contributed by atoms with Crippen molar-refractivity contribution in [2.45, 2.75) is 19.4 Å². The van der Waals surface area contributed by atoms with E-state index in [-0.39, 0.29) is 12.5 Å². The molecule has 0 saturated heterocycles. The molecule has 3 aromatic rings. The number of H-pyrrole nitrogens is 1. The van der Waals surface area contributed by atoms with Crippen LogP contribution < -0.4 is 0 Å². The third-order valence-electron chi connectivity index (χ3n) is 4.04. The maximum atomic E-state index is 11.4. The van der Waals surface area contributed by atoms with E-state index in [0.29, 0.717) is 0 Å². The Balaban J connectivity index is 2.28. The van der Waals surface area contributed by atoms with Gasteiger partial charge in [-0.3, -0.25) is 9.78 Å². The van der Waals surface area contributed by atoms with Crippen LogP contribution in [-0.4, -0.2) is 28.2 Å². The molecule has 0 fully saturated rings. The summed E-state index contributed by atoms with van der Waals surface area (Å²) in [7, 11) is 1.63. The molecule has 24 heavy (non-hydrogen) atoms. The topological polar surface area (TPSA) is 75.2 Å². The van der Waals surface area contributed by atoms with Crippen LogP contribution in [0.2, 0.25) is 0 Å². The summed E-state index contributed by atoms with van der Waals surface area (Å²) >= 11 is 3.45. The number of carboxylic acids is 1. The Labute approximate surface area is 147 Å². The number of pyridine rings is 1. The molecule has 5 nitrogen and oxygen atoms in total. The molecule has 0 bridgehead atoms. The first-order chi connectivity index (χ1) is 11.5. The van der Waals surface area contributed by atoms with Gasteiger partial charge in [-0.25, -0.2) is 0 Å². The van der Waals surface area contributed by atoms with E-state index in [9.17, 15) is 9.90 Å². The van der Waals surface area contributed by atoms with Gasteiger partial charge < -0.3 is 14.8 Å². The lowest BCUT2D eigenvalue weighted by Crippen LogP contribution is -2.05. The van der Waals surface area contributed by atoms with E-state index < -0.39 is 5.97 Å². The van der Waals surface area contributed by atoms with E-state index in [4.69, 9.17) is 4.74 Å². The predicted octanol–water partition coefficient (Wildman–Crippen LogP) is 4.33. The van der Waals surface area contributed by atoms with Gasteiger partial charge in [0.15, 0.2) is 0 Å². The van der Waals surface area contributed by atoms with E-state index in [2.05, 4.69) is 25.9 Å². The van der Waals surface area contributed by atoms with Gasteiger partial charge >= 0.3 is 5.97 Å². The van der Waals surface area contributed by atoms with Crippen LogP contribution in [0.1, 0.15) is 24.3 Å². The van der Waals surface area contributed by atoms with Crippen LogP contribution in [-0.2, 0) is 16.0 Å². The third-order valence-corrected chi connectivity index (χ3v) is 4.54. The zero-order chi connectivity index (χ0) is 17.3. The van der Waals surface area contributed by atoms with Crippen LogP contribution in [0.3, 0.4) is 0 Å². The van der Waals surface area contributed by atoms with E-state index in [1.807, 2.05) is 37.3 Å². The fourth-order valence-corrected chi connectivity index (χ4v) is 3.21. The summed E-state index contributed by atoms with van der Waals surface area (Å²) < 4.78 is 6.32. The average Bonchev–Trinajstić information content (AvgIpc) is 2.91. The van der Waals surface area contributed by atoms with Crippen LogP contribution >= 0.6 is 15.9 Å². The lowest BCUT2D eigenvalue weighted by Gasteiger charge is -2.14. The van der Waals surface area contributed by atoms with Crippen molar-refractivity contribution in [2.75, 3.05) is 7.11 Å². The van der Waals surface area contributed by atoms with Gasteiger partial charge in [0.2, 0.25) is 0 Å². The molecule has 1 atom stereocenters. The van der Waals surface area contributed by atoms with Gasteiger partial charge in [-0.2, -0.15) is 0 Å². The number of nitrogens with one attached hydrogen (secondary N) is 1. The van der Waals surface area contributed by atoms with Crippen molar-refractivity contribution in [3.05, 3.63) is 52.3 Å². The number of hydrogen-bond acceptors (Lipinski definition) is 3. The second kappa shape index (κ2) is 6.75. The number of benzene rings is 1.